The van der Waals surface area contributed by atoms with Gasteiger partial charge in [0.05, 0.1) is 11.6 Å². The third-order valence-electron chi connectivity index (χ3n) is 4.10. The summed E-state index contributed by atoms with van der Waals surface area (Å²) >= 11 is 5.21. The van der Waals surface area contributed by atoms with Crippen LogP contribution in [0.5, 0.6) is 0 Å². The second-order valence-electron chi connectivity index (χ2n) is 6.06. The molecule has 3 N–H and O–H groups in total. The van der Waals surface area contributed by atoms with Crippen LogP contribution in [0.4, 0.5) is 14.5 Å². The summed E-state index contributed by atoms with van der Waals surface area (Å²) in [4.78, 5) is 12.8. The highest BCUT2D eigenvalue weighted by Gasteiger charge is 2.29. The summed E-state index contributed by atoms with van der Waals surface area (Å²) in [6.45, 7) is 3.72. The van der Waals surface area contributed by atoms with Crippen LogP contribution < -0.4 is 16.0 Å². The average molecular weight is 373 g/mol. The topological polar surface area (TPSA) is 53.2 Å². The maximum atomic E-state index is 13.4. The minimum absolute atomic E-state index is 0.171. The van der Waals surface area contributed by atoms with Gasteiger partial charge in [-0.25, -0.2) is 8.78 Å². The first kappa shape index (κ1) is 18.0. The molecule has 4 nitrogen and oxygen atoms in total. The van der Waals surface area contributed by atoms with Gasteiger partial charge in [-0.15, -0.1) is 0 Å². The van der Waals surface area contributed by atoms with E-state index < -0.39 is 23.6 Å². The van der Waals surface area contributed by atoms with E-state index in [9.17, 15) is 13.6 Å². The monoisotopic (exact) mass is 373 g/mol. The second kappa shape index (κ2) is 7.21. The van der Waals surface area contributed by atoms with Crippen molar-refractivity contribution in [2.24, 2.45) is 0 Å². The Morgan fingerprint density at radius 3 is 2.42 bits per heavy atom. The van der Waals surface area contributed by atoms with Crippen molar-refractivity contribution < 1.29 is 13.6 Å². The second-order valence-corrected chi connectivity index (χ2v) is 6.47. The summed E-state index contributed by atoms with van der Waals surface area (Å²) in [5, 5.41) is 9.04. The standard InChI is InChI=1S/C19H17F2N3OS/c1-10-3-5-12(6-4-10)17-16(11(2)22-19(26)24-17)18(25)23-13-7-8-14(20)15(21)9-13/h3-9,17H,1-2H3,(H,23,25)(H2,22,24,26). The van der Waals surface area contributed by atoms with Crippen molar-refractivity contribution in [2.45, 2.75) is 19.9 Å². The summed E-state index contributed by atoms with van der Waals surface area (Å²) in [7, 11) is 0. The number of hydrogen-bond acceptors (Lipinski definition) is 2. The molecule has 0 spiro atoms. The molecule has 1 amide bonds. The van der Waals surface area contributed by atoms with Crippen molar-refractivity contribution >= 4 is 28.9 Å². The Morgan fingerprint density at radius 1 is 1.08 bits per heavy atom. The summed E-state index contributed by atoms with van der Waals surface area (Å²) in [6, 6.07) is 10.5. The summed E-state index contributed by atoms with van der Waals surface area (Å²) < 4.78 is 26.5. The number of carbonyl (C=O) groups is 1. The number of rotatable bonds is 3. The first-order chi connectivity index (χ1) is 12.3. The molecule has 1 atom stereocenters. The van der Waals surface area contributed by atoms with Crippen molar-refractivity contribution in [2.75, 3.05) is 5.32 Å². The lowest BCUT2D eigenvalue weighted by molar-refractivity contribution is -0.113. The first-order valence-corrected chi connectivity index (χ1v) is 8.37. The first-order valence-electron chi connectivity index (χ1n) is 7.96. The van der Waals surface area contributed by atoms with Gasteiger partial charge in [0.1, 0.15) is 0 Å². The zero-order chi connectivity index (χ0) is 18.8. The van der Waals surface area contributed by atoms with E-state index in [1.807, 2.05) is 31.2 Å². The number of aryl methyl sites for hydroxylation is 1. The molecule has 7 heteroatoms. The third kappa shape index (κ3) is 3.72. The van der Waals surface area contributed by atoms with Gasteiger partial charge in [0.2, 0.25) is 0 Å². The van der Waals surface area contributed by atoms with Crippen LogP contribution in [-0.2, 0) is 4.79 Å². The quantitative estimate of drug-likeness (QED) is 0.718. The van der Waals surface area contributed by atoms with E-state index in [1.165, 1.54) is 6.07 Å². The molecule has 0 bridgehead atoms. The molecule has 0 saturated carbocycles. The van der Waals surface area contributed by atoms with Gasteiger partial charge in [0.15, 0.2) is 16.7 Å². The van der Waals surface area contributed by atoms with E-state index >= 15 is 0 Å². The molecule has 0 fully saturated rings. The highest BCUT2D eigenvalue weighted by atomic mass is 32.1. The van der Waals surface area contributed by atoms with Crippen LogP contribution in [0.25, 0.3) is 0 Å². The lowest BCUT2D eigenvalue weighted by Crippen LogP contribution is -2.45. The molecular weight excluding hydrogens is 356 g/mol. The van der Waals surface area contributed by atoms with Crippen LogP contribution >= 0.6 is 12.2 Å². The smallest absolute Gasteiger partial charge is 0.255 e. The maximum absolute atomic E-state index is 13.4. The lowest BCUT2D eigenvalue weighted by Gasteiger charge is -2.30. The number of benzene rings is 2. The lowest BCUT2D eigenvalue weighted by atomic mass is 9.94. The predicted octanol–water partition coefficient (Wildman–Crippen LogP) is 3.70. The molecule has 0 aliphatic carbocycles. The third-order valence-corrected chi connectivity index (χ3v) is 4.32. The molecule has 1 aliphatic heterocycles. The largest absolute Gasteiger partial charge is 0.351 e. The Hall–Kier alpha value is -2.80. The van der Waals surface area contributed by atoms with Gasteiger partial charge < -0.3 is 16.0 Å². The molecule has 134 valence electrons. The molecule has 0 radical (unpaired) electrons. The number of thiocarbonyl (C=S) groups is 1. The van der Waals surface area contributed by atoms with Crippen molar-refractivity contribution in [1.29, 1.82) is 0 Å². The van der Waals surface area contributed by atoms with Crippen LogP contribution in [0.2, 0.25) is 0 Å². The summed E-state index contributed by atoms with van der Waals surface area (Å²) in [6.07, 6.45) is 0. The molecule has 3 rings (SSSR count). The SMILES string of the molecule is CC1=C(C(=O)Nc2ccc(F)c(F)c2)C(c2ccc(C)cc2)NC(=S)N1. The molecule has 1 heterocycles. The van der Waals surface area contributed by atoms with Gasteiger partial charge in [-0.05, 0) is 43.8 Å². The highest BCUT2D eigenvalue weighted by Crippen LogP contribution is 2.28. The number of anilines is 1. The Kier molecular flexibility index (Phi) is 4.99. The van der Waals surface area contributed by atoms with Crippen molar-refractivity contribution in [3.05, 3.63) is 76.5 Å². The minimum Gasteiger partial charge on any atom is -0.351 e. The number of halogens is 2. The molecule has 1 aliphatic rings. The molecular formula is C19H17F2N3OS. The normalized spacial score (nSPS) is 16.8. The average Bonchev–Trinajstić information content (AvgIpc) is 2.58. The molecule has 1 unspecified atom stereocenters. The Morgan fingerprint density at radius 2 is 1.77 bits per heavy atom. The highest BCUT2D eigenvalue weighted by molar-refractivity contribution is 7.80. The molecule has 26 heavy (non-hydrogen) atoms. The number of hydrogen-bond donors (Lipinski definition) is 3. The van der Waals surface area contributed by atoms with Crippen LogP contribution in [0.15, 0.2) is 53.7 Å². The zero-order valence-electron chi connectivity index (χ0n) is 14.2. The fourth-order valence-corrected chi connectivity index (χ4v) is 3.05. The van der Waals surface area contributed by atoms with Gasteiger partial charge in [-0.1, -0.05) is 29.8 Å². The van der Waals surface area contributed by atoms with Gasteiger partial charge >= 0.3 is 0 Å². The van der Waals surface area contributed by atoms with E-state index in [0.717, 1.165) is 23.3 Å². The molecule has 0 aromatic heterocycles. The van der Waals surface area contributed by atoms with Gasteiger partial charge in [0.25, 0.3) is 5.91 Å². The van der Waals surface area contributed by atoms with Crippen LogP contribution in [0, 0.1) is 18.6 Å². The number of carbonyl (C=O) groups excluding carboxylic acids is 1. The van der Waals surface area contributed by atoms with Gasteiger partial charge in [-0.2, -0.15) is 0 Å². The Balaban J connectivity index is 1.93. The van der Waals surface area contributed by atoms with Gasteiger partial charge in [-0.3, -0.25) is 4.79 Å². The maximum Gasteiger partial charge on any atom is 0.255 e. The van der Waals surface area contributed by atoms with Crippen molar-refractivity contribution in [3.63, 3.8) is 0 Å². The number of allylic oxidation sites excluding steroid dienone is 1. The van der Waals surface area contributed by atoms with E-state index in [4.69, 9.17) is 12.2 Å². The van der Waals surface area contributed by atoms with Crippen molar-refractivity contribution in [1.82, 2.24) is 10.6 Å². The number of nitrogens with one attached hydrogen (secondary N) is 3. The van der Waals surface area contributed by atoms with Gasteiger partial charge in [0, 0.05) is 17.5 Å². The molecule has 2 aromatic carbocycles. The van der Waals surface area contributed by atoms with E-state index in [-0.39, 0.29) is 5.69 Å². The fraction of sp³-hybridized carbons (Fsp3) is 0.158. The molecule has 2 aromatic rings. The van der Waals surface area contributed by atoms with Crippen LogP contribution in [0.3, 0.4) is 0 Å². The molecule has 0 saturated heterocycles. The Labute approximate surface area is 155 Å². The fourth-order valence-electron chi connectivity index (χ4n) is 2.78. The summed E-state index contributed by atoms with van der Waals surface area (Å²) in [5.74, 6) is -2.42. The number of amides is 1. The van der Waals surface area contributed by atoms with Crippen LogP contribution in [-0.4, -0.2) is 11.0 Å². The van der Waals surface area contributed by atoms with E-state index in [2.05, 4.69) is 16.0 Å². The zero-order valence-corrected chi connectivity index (χ0v) is 15.0. The Bertz CT molecular complexity index is 910. The predicted molar refractivity (Wildman–Crippen MR) is 100 cm³/mol. The van der Waals surface area contributed by atoms with E-state index in [1.54, 1.807) is 6.92 Å². The van der Waals surface area contributed by atoms with E-state index in [0.29, 0.717) is 16.4 Å². The van der Waals surface area contributed by atoms with Crippen LogP contribution in [0.1, 0.15) is 24.1 Å². The van der Waals surface area contributed by atoms with Crippen molar-refractivity contribution in [3.8, 4) is 0 Å². The summed E-state index contributed by atoms with van der Waals surface area (Å²) in [5.41, 5.74) is 3.16. The minimum atomic E-state index is -1.02.